The summed E-state index contributed by atoms with van der Waals surface area (Å²) in [5.74, 6) is 0. The maximum absolute atomic E-state index is 3.91. The summed E-state index contributed by atoms with van der Waals surface area (Å²) >= 11 is 0. The summed E-state index contributed by atoms with van der Waals surface area (Å²) in [4.78, 5) is 0. The largest absolute Gasteiger partial charge is 0.0984 e. The molecule has 0 fully saturated rings. The van der Waals surface area contributed by atoms with Crippen LogP contribution in [0, 0.1) is 0 Å². The van der Waals surface area contributed by atoms with Crippen molar-refractivity contribution in [1.29, 1.82) is 0 Å². The zero-order valence-electron chi connectivity index (χ0n) is 10.2. The Labute approximate surface area is 107 Å². The van der Waals surface area contributed by atoms with Gasteiger partial charge in [-0.05, 0) is 38.7 Å². The van der Waals surface area contributed by atoms with Gasteiger partial charge in [0.2, 0.25) is 0 Å². The second-order valence-electron chi connectivity index (χ2n) is 4.36. The van der Waals surface area contributed by atoms with E-state index in [2.05, 4.69) is 61.7 Å². The van der Waals surface area contributed by atoms with Gasteiger partial charge in [0.05, 0.1) is 0 Å². The van der Waals surface area contributed by atoms with Crippen molar-refractivity contribution in [2.75, 3.05) is 0 Å². The van der Waals surface area contributed by atoms with Gasteiger partial charge in [-0.2, -0.15) is 0 Å². The summed E-state index contributed by atoms with van der Waals surface area (Å²) in [6, 6.07) is 17.0. The van der Waals surface area contributed by atoms with Crippen LogP contribution in [0.25, 0.3) is 33.7 Å². The third-order valence-corrected chi connectivity index (χ3v) is 3.39. The average molecular weight is 230 g/mol. The molecule has 0 unspecified atom stereocenters. The Morgan fingerprint density at radius 3 is 2.17 bits per heavy atom. The van der Waals surface area contributed by atoms with Crippen molar-refractivity contribution in [3.8, 4) is 0 Å². The fourth-order valence-electron chi connectivity index (χ4n) is 2.56. The van der Waals surface area contributed by atoms with Crippen molar-refractivity contribution >= 4 is 33.7 Å². The second-order valence-corrected chi connectivity index (χ2v) is 4.36. The number of fused-ring (bicyclic) bond motifs is 3. The van der Waals surface area contributed by atoms with Gasteiger partial charge in [-0.1, -0.05) is 67.8 Å². The first kappa shape index (κ1) is 10.8. The molecule has 3 rings (SSSR count). The topological polar surface area (TPSA) is 0 Å². The smallest absolute Gasteiger partial charge is 0.00326 e. The first-order valence-corrected chi connectivity index (χ1v) is 6.04. The number of hydrogen-bond acceptors (Lipinski definition) is 0. The van der Waals surface area contributed by atoms with Crippen LogP contribution in [-0.2, 0) is 0 Å². The van der Waals surface area contributed by atoms with Crippen molar-refractivity contribution in [1.82, 2.24) is 0 Å². The molecule has 0 heterocycles. The van der Waals surface area contributed by atoms with Crippen LogP contribution < -0.4 is 0 Å². The quantitative estimate of drug-likeness (QED) is 0.525. The Balaban J connectivity index is 2.64. The first-order chi connectivity index (χ1) is 8.85. The Bertz CT molecular complexity index is 757. The van der Waals surface area contributed by atoms with Crippen molar-refractivity contribution in [3.63, 3.8) is 0 Å². The molecule has 0 heteroatoms. The van der Waals surface area contributed by atoms with Crippen LogP contribution in [0.4, 0.5) is 0 Å². The normalized spacial score (nSPS) is 10.7. The van der Waals surface area contributed by atoms with Gasteiger partial charge in [-0.25, -0.2) is 0 Å². The van der Waals surface area contributed by atoms with Crippen LogP contribution in [-0.4, -0.2) is 0 Å². The zero-order valence-corrected chi connectivity index (χ0v) is 10.2. The summed E-state index contributed by atoms with van der Waals surface area (Å²) in [7, 11) is 0. The molecule has 0 nitrogen and oxygen atoms in total. The van der Waals surface area contributed by atoms with Crippen LogP contribution in [0.5, 0.6) is 0 Å². The minimum absolute atomic E-state index is 1.18. The molecule has 0 amide bonds. The number of benzene rings is 3. The molecule has 0 atom stereocenters. The second kappa shape index (κ2) is 4.15. The molecule has 86 valence electrons. The average Bonchev–Trinajstić information content (AvgIpc) is 2.45. The molecule has 0 saturated heterocycles. The first-order valence-electron chi connectivity index (χ1n) is 6.04. The molecule has 0 saturated carbocycles. The Kier molecular flexibility index (Phi) is 2.49. The maximum Gasteiger partial charge on any atom is -0.00326 e. The molecule has 0 N–H and O–H groups in total. The standard InChI is InChI=1S/C18H14/c1-3-13-8-7-9-15-12-14(4-2)16-10-5-6-11-17(16)18(13)15/h3-12H,1-2H2. The predicted octanol–water partition coefficient (Wildman–Crippen LogP) is 5.28. The number of hydrogen-bond donors (Lipinski definition) is 0. The van der Waals surface area contributed by atoms with Gasteiger partial charge < -0.3 is 0 Å². The Morgan fingerprint density at radius 1 is 0.722 bits per heavy atom. The Hall–Kier alpha value is -2.34. The van der Waals surface area contributed by atoms with Crippen LogP contribution >= 0.6 is 0 Å². The van der Waals surface area contributed by atoms with Gasteiger partial charge in [0.1, 0.15) is 0 Å². The molecular weight excluding hydrogens is 216 g/mol. The lowest BCUT2D eigenvalue weighted by Crippen LogP contribution is -1.85. The van der Waals surface area contributed by atoms with Crippen LogP contribution in [0.3, 0.4) is 0 Å². The van der Waals surface area contributed by atoms with Crippen molar-refractivity contribution < 1.29 is 0 Å². The fraction of sp³-hybridized carbons (Fsp3) is 0. The van der Waals surface area contributed by atoms with Gasteiger partial charge in [-0.15, -0.1) is 0 Å². The van der Waals surface area contributed by atoms with Gasteiger partial charge in [0.15, 0.2) is 0 Å². The van der Waals surface area contributed by atoms with E-state index in [0.717, 1.165) is 0 Å². The van der Waals surface area contributed by atoms with Gasteiger partial charge in [0.25, 0.3) is 0 Å². The highest BCUT2D eigenvalue weighted by Gasteiger charge is 2.06. The monoisotopic (exact) mass is 230 g/mol. The van der Waals surface area contributed by atoms with Crippen molar-refractivity contribution in [3.05, 3.63) is 72.8 Å². The molecule has 0 spiro atoms. The summed E-state index contributed by atoms with van der Waals surface area (Å²) < 4.78 is 0. The lowest BCUT2D eigenvalue weighted by molar-refractivity contribution is 1.72. The van der Waals surface area contributed by atoms with E-state index in [1.54, 1.807) is 0 Å². The Morgan fingerprint density at radius 2 is 1.44 bits per heavy atom. The lowest BCUT2D eigenvalue weighted by atomic mass is 9.94. The third kappa shape index (κ3) is 1.46. The molecule has 0 aromatic heterocycles. The molecule has 0 aliphatic carbocycles. The molecule has 0 aliphatic heterocycles. The van der Waals surface area contributed by atoms with E-state index < -0.39 is 0 Å². The summed E-state index contributed by atoms with van der Waals surface area (Å²) in [5.41, 5.74) is 2.36. The molecule has 0 aliphatic rings. The molecule has 3 aromatic carbocycles. The maximum atomic E-state index is 3.91. The molecule has 18 heavy (non-hydrogen) atoms. The summed E-state index contributed by atoms with van der Waals surface area (Å²) in [5, 5.41) is 5.02. The van der Waals surface area contributed by atoms with Gasteiger partial charge in [-0.3, -0.25) is 0 Å². The van der Waals surface area contributed by atoms with E-state index in [-0.39, 0.29) is 0 Å². The minimum atomic E-state index is 1.18. The van der Waals surface area contributed by atoms with Crippen LogP contribution in [0.15, 0.2) is 61.7 Å². The summed E-state index contributed by atoms with van der Waals surface area (Å²) in [6.07, 6.45) is 3.84. The third-order valence-electron chi connectivity index (χ3n) is 3.39. The SMILES string of the molecule is C=Cc1cc2cccc(C=C)c2c2ccccc12. The van der Waals surface area contributed by atoms with Gasteiger partial charge in [0, 0.05) is 0 Å². The van der Waals surface area contributed by atoms with E-state index >= 15 is 0 Å². The highest BCUT2D eigenvalue weighted by molar-refractivity contribution is 6.13. The van der Waals surface area contributed by atoms with E-state index in [1.165, 1.54) is 32.7 Å². The van der Waals surface area contributed by atoms with Crippen molar-refractivity contribution in [2.45, 2.75) is 0 Å². The lowest BCUT2D eigenvalue weighted by Gasteiger charge is -2.10. The number of rotatable bonds is 2. The zero-order chi connectivity index (χ0) is 12.5. The predicted molar refractivity (Wildman–Crippen MR) is 81.6 cm³/mol. The van der Waals surface area contributed by atoms with Crippen molar-refractivity contribution in [2.24, 2.45) is 0 Å². The van der Waals surface area contributed by atoms with Crippen LogP contribution in [0.1, 0.15) is 11.1 Å². The summed E-state index contributed by atoms with van der Waals surface area (Å²) in [6.45, 7) is 7.82. The molecule has 3 aromatic rings. The molecule has 0 bridgehead atoms. The minimum Gasteiger partial charge on any atom is -0.0984 e. The molecule has 0 radical (unpaired) electrons. The fourth-order valence-corrected chi connectivity index (χ4v) is 2.56. The van der Waals surface area contributed by atoms with E-state index in [1.807, 2.05) is 12.2 Å². The van der Waals surface area contributed by atoms with E-state index in [0.29, 0.717) is 0 Å². The van der Waals surface area contributed by atoms with Gasteiger partial charge >= 0.3 is 0 Å². The highest BCUT2D eigenvalue weighted by atomic mass is 14.1. The highest BCUT2D eigenvalue weighted by Crippen LogP contribution is 2.32. The van der Waals surface area contributed by atoms with E-state index in [4.69, 9.17) is 0 Å². The van der Waals surface area contributed by atoms with Crippen LogP contribution in [0.2, 0.25) is 0 Å². The molecular formula is C18H14. The van der Waals surface area contributed by atoms with E-state index in [9.17, 15) is 0 Å².